The molecule has 2 heterocycles. The average Bonchev–Trinajstić information content (AvgIpc) is 2.74. The number of amides is 1. The summed E-state index contributed by atoms with van der Waals surface area (Å²) in [4.78, 5) is 21.9. The summed E-state index contributed by atoms with van der Waals surface area (Å²) in [6.45, 7) is 8.52. The van der Waals surface area contributed by atoms with Crippen LogP contribution < -0.4 is 21.0 Å². The van der Waals surface area contributed by atoms with Gasteiger partial charge in [0.2, 0.25) is 5.95 Å². The quantitative estimate of drug-likeness (QED) is 0.401. The van der Waals surface area contributed by atoms with Crippen LogP contribution >= 0.6 is 0 Å². The Bertz CT molecular complexity index is 831. The lowest BCUT2D eigenvalue weighted by atomic mass is 10.0. The number of carbonyl (C=O) groups excluding carboxylic acids is 1. The maximum atomic E-state index is 11.3. The van der Waals surface area contributed by atoms with Gasteiger partial charge in [-0.1, -0.05) is 24.8 Å². The van der Waals surface area contributed by atoms with Crippen molar-refractivity contribution >= 4 is 17.5 Å². The minimum absolute atomic E-state index is 0.231. The first-order valence-electron chi connectivity index (χ1n) is 9.82. The summed E-state index contributed by atoms with van der Waals surface area (Å²) in [5.74, 6) is -0.00257. The summed E-state index contributed by atoms with van der Waals surface area (Å²) in [7, 11) is 0. The Balaban J connectivity index is 1.45. The van der Waals surface area contributed by atoms with E-state index in [2.05, 4.69) is 50.3 Å². The van der Waals surface area contributed by atoms with E-state index in [0.29, 0.717) is 12.0 Å². The molecule has 4 N–H and O–H groups in total. The van der Waals surface area contributed by atoms with E-state index in [1.807, 2.05) is 13.0 Å². The van der Waals surface area contributed by atoms with Crippen LogP contribution in [0.5, 0.6) is 0 Å². The number of benzene rings is 1. The first-order valence-corrected chi connectivity index (χ1v) is 9.82. The maximum absolute atomic E-state index is 11.3. The van der Waals surface area contributed by atoms with Crippen LogP contribution in [0.4, 0.5) is 11.6 Å². The van der Waals surface area contributed by atoms with E-state index in [0.717, 1.165) is 50.3 Å². The van der Waals surface area contributed by atoms with Crippen molar-refractivity contribution in [2.24, 2.45) is 0 Å². The average molecular weight is 396 g/mol. The SMILES string of the molecule is C=C(C)Nc1ccccc1CCNC1CCN(c2ncc(C(=O)NO)cn2)CC1. The minimum atomic E-state index is -0.612. The number of hydrogen-bond acceptors (Lipinski definition) is 7. The topological polar surface area (TPSA) is 102 Å². The van der Waals surface area contributed by atoms with Crippen molar-refractivity contribution in [3.63, 3.8) is 0 Å². The zero-order valence-electron chi connectivity index (χ0n) is 16.7. The van der Waals surface area contributed by atoms with Gasteiger partial charge in [-0.3, -0.25) is 10.0 Å². The molecule has 1 aliphatic heterocycles. The number of nitrogens with one attached hydrogen (secondary N) is 3. The Morgan fingerprint density at radius 2 is 1.93 bits per heavy atom. The fraction of sp³-hybridized carbons (Fsp3) is 0.381. The molecular formula is C21H28N6O2. The van der Waals surface area contributed by atoms with Gasteiger partial charge in [-0.05, 0) is 44.4 Å². The molecule has 3 rings (SSSR count). The molecule has 1 fully saturated rings. The molecule has 8 heteroatoms. The van der Waals surface area contributed by atoms with Crippen LogP contribution in [0, 0.1) is 0 Å². The lowest BCUT2D eigenvalue weighted by Gasteiger charge is -2.32. The lowest BCUT2D eigenvalue weighted by molar-refractivity contribution is 0.0705. The third kappa shape index (κ3) is 5.75. The fourth-order valence-electron chi connectivity index (χ4n) is 3.45. The number of carbonyl (C=O) groups is 1. The monoisotopic (exact) mass is 396 g/mol. The Hall–Kier alpha value is -2.97. The number of hydroxylamine groups is 1. The highest BCUT2D eigenvalue weighted by atomic mass is 16.5. The highest BCUT2D eigenvalue weighted by Crippen LogP contribution is 2.18. The van der Waals surface area contributed by atoms with Gasteiger partial charge in [0.15, 0.2) is 0 Å². The van der Waals surface area contributed by atoms with Gasteiger partial charge in [0.25, 0.3) is 5.91 Å². The second kappa shape index (κ2) is 9.99. The molecule has 0 atom stereocenters. The summed E-state index contributed by atoms with van der Waals surface area (Å²) in [5, 5.41) is 15.6. The van der Waals surface area contributed by atoms with E-state index in [1.54, 1.807) is 5.48 Å². The fourth-order valence-corrected chi connectivity index (χ4v) is 3.45. The predicted molar refractivity (Wildman–Crippen MR) is 113 cm³/mol. The van der Waals surface area contributed by atoms with Gasteiger partial charge in [0, 0.05) is 42.9 Å². The smallest absolute Gasteiger partial charge is 0.277 e. The lowest BCUT2D eigenvalue weighted by Crippen LogP contribution is -2.43. The number of piperidine rings is 1. The number of anilines is 2. The van der Waals surface area contributed by atoms with Crippen LogP contribution in [-0.4, -0.2) is 46.8 Å². The van der Waals surface area contributed by atoms with Crippen LogP contribution in [0.1, 0.15) is 35.7 Å². The first-order chi connectivity index (χ1) is 14.1. The highest BCUT2D eigenvalue weighted by molar-refractivity contribution is 5.92. The Morgan fingerprint density at radius 1 is 1.24 bits per heavy atom. The van der Waals surface area contributed by atoms with Gasteiger partial charge < -0.3 is 15.5 Å². The zero-order chi connectivity index (χ0) is 20.6. The second-order valence-corrected chi connectivity index (χ2v) is 7.24. The summed E-state index contributed by atoms with van der Waals surface area (Å²) >= 11 is 0. The number of allylic oxidation sites excluding steroid dienone is 1. The Morgan fingerprint density at radius 3 is 2.59 bits per heavy atom. The molecule has 1 aromatic carbocycles. The molecule has 154 valence electrons. The molecule has 1 amide bonds. The predicted octanol–water partition coefficient (Wildman–Crippen LogP) is 2.34. The van der Waals surface area contributed by atoms with Crippen molar-refractivity contribution in [3.8, 4) is 0 Å². The third-order valence-corrected chi connectivity index (χ3v) is 4.97. The number of hydrogen-bond donors (Lipinski definition) is 4. The highest BCUT2D eigenvalue weighted by Gasteiger charge is 2.21. The van der Waals surface area contributed by atoms with Crippen LogP contribution in [-0.2, 0) is 6.42 Å². The van der Waals surface area contributed by atoms with Gasteiger partial charge in [-0.15, -0.1) is 0 Å². The zero-order valence-corrected chi connectivity index (χ0v) is 16.7. The normalized spacial score (nSPS) is 14.5. The minimum Gasteiger partial charge on any atom is -0.359 e. The van der Waals surface area contributed by atoms with Crippen molar-refractivity contribution in [2.75, 3.05) is 29.9 Å². The molecule has 29 heavy (non-hydrogen) atoms. The van der Waals surface area contributed by atoms with Gasteiger partial charge in [0.05, 0.1) is 5.56 Å². The summed E-state index contributed by atoms with van der Waals surface area (Å²) < 4.78 is 0. The van der Waals surface area contributed by atoms with Crippen molar-refractivity contribution in [3.05, 3.63) is 60.1 Å². The van der Waals surface area contributed by atoms with Gasteiger partial charge in [0.1, 0.15) is 0 Å². The number of para-hydroxylation sites is 1. The number of aromatic nitrogens is 2. The third-order valence-electron chi connectivity index (χ3n) is 4.97. The second-order valence-electron chi connectivity index (χ2n) is 7.24. The van der Waals surface area contributed by atoms with Crippen LogP contribution in [0.3, 0.4) is 0 Å². The molecule has 2 aromatic rings. The molecule has 0 bridgehead atoms. The van der Waals surface area contributed by atoms with E-state index in [4.69, 9.17) is 5.21 Å². The van der Waals surface area contributed by atoms with Crippen molar-refractivity contribution < 1.29 is 10.0 Å². The maximum Gasteiger partial charge on any atom is 0.277 e. The van der Waals surface area contributed by atoms with Crippen molar-refractivity contribution in [1.29, 1.82) is 0 Å². The Kier molecular flexibility index (Phi) is 7.15. The van der Waals surface area contributed by atoms with E-state index in [1.165, 1.54) is 18.0 Å². The molecule has 1 aromatic heterocycles. The van der Waals surface area contributed by atoms with E-state index in [-0.39, 0.29) is 5.56 Å². The van der Waals surface area contributed by atoms with E-state index in [9.17, 15) is 4.79 Å². The van der Waals surface area contributed by atoms with Crippen molar-refractivity contribution in [2.45, 2.75) is 32.2 Å². The summed E-state index contributed by atoms with van der Waals surface area (Å²) in [6, 6.07) is 8.79. The molecule has 0 radical (unpaired) electrons. The molecule has 0 aliphatic carbocycles. The molecule has 0 saturated carbocycles. The molecule has 0 unspecified atom stereocenters. The van der Waals surface area contributed by atoms with E-state index < -0.39 is 5.91 Å². The van der Waals surface area contributed by atoms with E-state index >= 15 is 0 Å². The van der Waals surface area contributed by atoms with Crippen LogP contribution in [0.15, 0.2) is 48.9 Å². The Labute approximate surface area is 171 Å². The number of rotatable bonds is 8. The first kappa shape index (κ1) is 20.8. The molecule has 1 aliphatic rings. The largest absolute Gasteiger partial charge is 0.359 e. The van der Waals surface area contributed by atoms with Crippen molar-refractivity contribution in [1.82, 2.24) is 20.8 Å². The van der Waals surface area contributed by atoms with Gasteiger partial charge in [-0.25, -0.2) is 15.4 Å². The summed E-state index contributed by atoms with van der Waals surface area (Å²) in [5.41, 5.74) is 5.14. The molecule has 8 nitrogen and oxygen atoms in total. The van der Waals surface area contributed by atoms with Crippen LogP contribution in [0.2, 0.25) is 0 Å². The molecule has 1 saturated heterocycles. The molecular weight excluding hydrogens is 368 g/mol. The standard InChI is InChI=1S/C21H28N6O2/c1-15(2)25-19-6-4-3-5-16(19)7-10-22-18-8-11-27(12-9-18)21-23-13-17(14-24-21)20(28)26-29/h3-6,13-14,18,22,25,29H,1,7-12H2,2H3,(H,26,28). The number of nitrogens with zero attached hydrogens (tertiary/aromatic N) is 3. The van der Waals surface area contributed by atoms with Gasteiger partial charge >= 0.3 is 0 Å². The summed E-state index contributed by atoms with van der Waals surface area (Å²) in [6.07, 6.45) is 5.82. The molecule has 0 spiro atoms. The van der Waals surface area contributed by atoms with Gasteiger partial charge in [-0.2, -0.15) is 0 Å². The van der Waals surface area contributed by atoms with Crippen LogP contribution in [0.25, 0.3) is 0 Å².